The average Bonchev–Trinajstić information content (AvgIpc) is 3.63. The van der Waals surface area contributed by atoms with Crippen LogP contribution >= 0.6 is 0 Å². The van der Waals surface area contributed by atoms with Gasteiger partial charge in [-0.2, -0.15) is 0 Å². The number of benzene rings is 2. The average molecular weight is 1000 g/mol. The lowest BCUT2D eigenvalue weighted by Gasteiger charge is -2.27. The Morgan fingerprint density at radius 2 is 0.944 bits per heavy atom. The van der Waals surface area contributed by atoms with Crippen LogP contribution in [0.25, 0.3) is 0 Å². The van der Waals surface area contributed by atoms with Gasteiger partial charge in [-0.05, 0) is 49.1 Å². The molecule has 2 aliphatic heterocycles. The van der Waals surface area contributed by atoms with Crippen LogP contribution < -0.4 is 15.4 Å². The van der Waals surface area contributed by atoms with Crippen LogP contribution in [0.5, 0.6) is 5.75 Å². The second-order valence-corrected chi connectivity index (χ2v) is 16.7. The third-order valence-corrected chi connectivity index (χ3v) is 11.2. The van der Waals surface area contributed by atoms with E-state index in [4.69, 9.17) is 56.8 Å². The maximum Gasteiger partial charge on any atom is 0.264 e. The van der Waals surface area contributed by atoms with E-state index in [1.807, 2.05) is 12.1 Å². The lowest BCUT2D eigenvalue weighted by molar-refractivity contribution is -0.136. The van der Waals surface area contributed by atoms with Crippen molar-refractivity contribution in [1.82, 2.24) is 10.2 Å². The van der Waals surface area contributed by atoms with Crippen molar-refractivity contribution in [3.8, 4) is 5.75 Å². The molecule has 0 spiro atoms. The Morgan fingerprint density at radius 3 is 1.41 bits per heavy atom. The van der Waals surface area contributed by atoms with Gasteiger partial charge in [0, 0.05) is 18.7 Å². The molecule has 1 atom stereocenters. The molecule has 4 rings (SSSR count). The highest BCUT2D eigenvalue weighted by molar-refractivity contribution is 6.25. The molecule has 1 unspecified atom stereocenters. The van der Waals surface area contributed by atoms with Gasteiger partial charge in [0.05, 0.1) is 156 Å². The van der Waals surface area contributed by atoms with E-state index in [-0.39, 0.29) is 24.0 Å². The number of carbonyl (C=O) groups excluding carboxylic acids is 4. The Hall–Kier alpha value is -4.12. The summed E-state index contributed by atoms with van der Waals surface area (Å²) in [5.74, 6) is -1.30. The van der Waals surface area contributed by atoms with E-state index in [1.165, 1.54) is 50.5 Å². The van der Waals surface area contributed by atoms with Gasteiger partial charge < -0.3 is 62.2 Å². The number of hydrogen-bond acceptors (Lipinski definition) is 17. The molecule has 71 heavy (non-hydrogen) atoms. The van der Waals surface area contributed by atoms with E-state index in [0.29, 0.717) is 164 Å². The highest BCUT2D eigenvalue weighted by Crippen LogP contribution is 2.32. The molecule has 19 heteroatoms. The molecule has 1 fully saturated rings. The van der Waals surface area contributed by atoms with Crippen LogP contribution in [0.4, 0.5) is 5.69 Å². The first-order valence-electron chi connectivity index (χ1n) is 25.6. The summed E-state index contributed by atoms with van der Waals surface area (Å²) in [6.45, 7) is 13.3. The smallest absolute Gasteiger partial charge is 0.264 e. The van der Waals surface area contributed by atoms with E-state index in [2.05, 4.69) is 29.7 Å². The zero-order valence-corrected chi connectivity index (χ0v) is 42.1. The number of imide groups is 2. The molecule has 0 aliphatic carbocycles. The number of piperidine rings is 1. The molecule has 2 N–H and O–H groups in total. The summed E-state index contributed by atoms with van der Waals surface area (Å²) in [5, 5.41) is 5.34. The number of carbonyl (C=O) groups is 4. The van der Waals surface area contributed by atoms with Gasteiger partial charge in [-0.15, -0.1) is 0 Å². The molecular weight excluding hydrogens is 923 g/mol. The first kappa shape index (κ1) is 59.4. The lowest BCUT2D eigenvalue weighted by Crippen LogP contribution is -2.54. The molecule has 2 heterocycles. The molecule has 2 aromatic rings. The first-order valence-corrected chi connectivity index (χ1v) is 25.6. The zero-order valence-electron chi connectivity index (χ0n) is 42.1. The Kier molecular flexibility index (Phi) is 33.0. The topological polar surface area (TPSA) is 206 Å². The van der Waals surface area contributed by atoms with E-state index in [1.54, 1.807) is 18.2 Å². The largest absolute Gasteiger partial charge is 0.491 e. The predicted molar refractivity (Wildman–Crippen MR) is 264 cm³/mol. The number of nitrogens with one attached hydrogen (secondary N) is 2. The van der Waals surface area contributed by atoms with Crippen LogP contribution in [0.2, 0.25) is 0 Å². The Labute approximate surface area is 420 Å². The van der Waals surface area contributed by atoms with Gasteiger partial charge in [-0.1, -0.05) is 63.6 Å². The first-order chi connectivity index (χ1) is 35.0. The fourth-order valence-electron chi connectivity index (χ4n) is 7.48. The Bertz CT molecular complexity index is 1740. The van der Waals surface area contributed by atoms with Gasteiger partial charge in [0.2, 0.25) is 11.8 Å². The maximum atomic E-state index is 13.2. The predicted octanol–water partition coefficient (Wildman–Crippen LogP) is 5.05. The summed E-state index contributed by atoms with van der Waals surface area (Å²) < 4.78 is 66.8. The highest BCUT2D eigenvalue weighted by atomic mass is 16.6. The normalized spacial score (nSPS) is 14.7. The number of nitrogens with zero attached hydrogens (tertiary/aromatic N) is 1. The number of rotatable bonds is 47. The second kappa shape index (κ2) is 39.4. The van der Waals surface area contributed by atoms with Crippen LogP contribution in [-0.2, 0) is 68.1 Å². The van der Waals surface area contributed by atoms with E-state index in [0.717, 1.165) is 17.1 Å². The van der Waals surface area contributed by atoms with Crippen molar-refractivity contribution >= 4 is 29.3 Å². The van der Waals surface area contributed by atoms with Crippen molar-refractivity contribution in [3.63, 3.8) is 0 Å². The third kappa shape index (κ3) is 25.9. The minimum Gasteiger partial charge on any atom is -0.491 e. The fourth-order valence-corrected chi connectivity index (χ4v) is 7.48. The summed E-state index contributed by atoms with van der Waals surface area (Å²) in [5.41, 5.74) is 2.27. The molecule has 2 aromatic carbocycles. The molecule has 400 valence electrons. The summed E-state index contributed by atoms with van der Waals surface area (Å²) in [4.78, 5) is 51.0. The number of fused-ring (bicyclic) bond motifs is 1. The number of hydrogen-bond donors (Lipinski definition) is 2. The van der Waals surface area contributed by atoms with E-state index >= 15 is 0 Å². The third-order valence-electron chi connectivity index (χ3n) is 11.2. The molecular formula is C52H81N3O16. The molecule has 0 bridgehead atoms. The molecule has 4 amide bonds. The van der Waals surface area contributed by atoms with Crippen LogP contribution in [0.15, 0.2) is 42.5 Å². The van der Waals surface area contributed by atoms with E-state index < -0.39 is 29.7 Å². The van der Waals surface area contributed by atoms with Gasteiger partial charge >= 0.3 is 0 Å². The standard InChI is InChI=1S/C52H81N3O16/c1-2-3-4-5-6-7-8-10-43-13-15-44(16-14-43)71-42-41-70-40-39-69-38-37-68-36-35-67-34-33-66-32-31-65-30-29-64-28-27-63-26-25-62-24-23-61-22-21-60-20-19-53-46-12-9-11-45-49(46)52(59)55(51(45)58)47-17-18-48(56)54-50(47)57/h9,11-16,47,53H,2-8,10,17-42H2,1H3,(H,54,56,57). The van der Waals surface area contributed by atoms with E-state index in [9.17, 15) is 19.2 Å². The van der Waals surface area contributed by atoms with Crippen molar-refractivity contribution in [1.29, 1.82) is 0 Å². The summed E-state index contributed by atoms with van der Waals surface area (Å²) in [7, 11) is 0. The quantitative estimate of drug-likeness (QED) is 0.0657. The van der Waals surface area contributed by atoms with Crippen molar-refractivity contribution in [2.75, 3.05) is 164 Å². The van der Waals surface area contributed by atoms with Crippen molar-refractivity contribution in [3.05, 3.63) is 59.2 Å². The molecule has 1 saturated heterocycles. The summed E-state index contributed by atoms with van der Waals surface area (Å²) >= 11 is 0. The molecule has 19 nitrogen and oxygen atoms in total. The fraction of sp³-hybridized carbons (Fsp3) is 0.692. The molecule has 0 saturated carbocycles. The highest BCUT2D eigenvalue weighted by Gasteiger charge is 2.45. The number of amides is 4. The lowest BCUT2D eigenvalue weighted by atomic mass is 10.0. The molecule has 2 aliphatic rings. The maximum absolute atomic E-state index is 13.2. The minimum absolute atomic E-state index is 0.0638. The van der Waals surface area contributed by atoms with Crippen molar-refractivity contribution < 1.29 is 76.0 Å². The number of unbranched alkanes of at least 4 members (excludes halogenated alkanes) is 6. The van der Waals surface area contributed by atoms with Crippen LogP contribution in [0.3, 0.4) is 0 Å². The zero-order chi connectivity index (χ0) is 50.2. The number of anilines is 1. The summed E-state index contributed by atoms with van der Waals surface area (Å²) in [6, 6.07) is 12.3. The SMILES string of the molecule is CCCCCCCCCc1ccc(OCCOCCOCCOCCOCCOCCOCCOCCOCCOCCOCCOCCNc2cccc3c2C(=O)N(C2CCC(=O)NC2=O)C3=O)cc1. The van der Waals surface area contributed by atoms with Gasteiger partial charge in [-0.3, -0.25) is 29.4 Å². The number of ether oxygens (including phenoxy) is 12. The van der Waals surface area contributed by atoms with Crippen LogP contribution in [0.1, 0.15) is 91.0 Å². The Morgan fingerprint density at radius 1 is 0.507 bits per heavy atom. The van der Waals surface area contributed by atoms with Gasteiger partial charge in [0.15, 0.2) is 0 Å². The van der Waals surface area contributed by atoms with Crippen LogP contribution in [-0.4, -0.2) is 193 Å². The Balaban J connectivity index is 0.784. The monoisotopic (exact) mass is 1000 g/mol. The van der Waals surface area contributed by atoms with Gasteiger partial charge in [-0.25, -0.2) is 0 Å². The van der Waals surface area contributed by atoms with Crippen molar-refractivity contribution in [2.45, 2.75) is 77.2 Å². The molecule has 0 aromatic heterocycles. The number of aryl methyl sites for hydroxylation is 1. The van der Waals surface area contributed by atoms with Gasteiger partial charge in [0.25, 0.3) is 11.8 Å². The van der Waals surface area contributed by atoms with Crippen LogP contribution in [0, 0.1) is 0 Å². The summed E-state index contributed by atoms with van der Waals surface area (Å²) in [6.07, 6.45) is 10.6. The molecule has 0 radical (unpaired) electrons. The van der Waals surface area contributed by atoms with Crippen molar-refractivity contribution in [2.24, 2.45) is 0 Å². The van der Waals surface area contributed by atoms with Gasteiger partial charge in [0.1, 0.15) is 18.4 Å². The second-order valence-electron chi connectivity index (χ2n) is 16.7. The minimum atomic E-state index is -1.01.